The van der Waals surface area contributed by atoms with Crippen LogP contribution in [0, 0.1) is 10.1 Å². The smallest absolute Gasteiger partial charge is 0.301 e. The molecule has 8 nitrogen and oxygen atoms in total. The van der Waals surface area contributed by atoms with E-state index in [-0.39, 0.29) is 16.8 Å². The van der Waals surface area contributed by atoms with Gasteiger partial charge >= 0.3 is 5.91 Å². The molecule has 0 aliphatic carbocycles. The molecule has 150 valence electrons. The summed E-state index contributed by atoms with van der Waals surface area (Å²) in [5, 5.41) is 24.2. The molecule has 2 heterocycles. The van der Waals surface area contributed by atoms with E-state index in [9.17, 15) is 24.8 Å². The van der Waals surface area contributed by atoms with Gasteiger partial charge in [-0.2, -0.15) is 0 Å². The van der Waals surface area contributed by atoms with E-state index in [0.29, 0.717) is 15.7 Å². The number of aliphatic hydroxyl groups excluding tert-OH is 1. The molecule has 0 bridgehead atoms. The molecule has 10 heteroatoms. The summed E-state index contributed by atoms with van der Waals surface area (Å²) in [6, 6.07) is 10.7. The first-order valence-electron chi connectivity index (χ1n) is 8.59. The molecule has 1 fully saturated rings. The minimum atomic E-state index is -0.927. The second-order valence-electron chi connectivity index (χ2n) is 6.34. The number of benzene rings is 2. The maximum Gasteiger partial charge on any atom is 0.301 e. The van der Waals surface area contributed by atoms with Crippen LogP contribution in [0.1, 0.15) is 17.2 Å². The minimum absolute atomic E-state index is 0.133. The fourth-order valence-electron chi connectivity index (χ4n) is 3.22. The summed E-state index contributed by atoms with van der Waals surface area (Å²) < 4.78 is 0. The molecular formula is C20H12ClN3O5S. The zero-order valence-electron chi connectivity index (χ0n) is 15.1. The van der Waals surface area contributed by atoms with Gasteiger partial charge < -0.3 is 5.11 Å². The van der Waals surface area contributed by atoms with Gasteiger partial charge in [-0.15, -0.1) is 11.3 Å². The van der Waals surface area contributed by atoms with Crippen molar-refractivity contribution in [2.75, 3.05) is 4.90 Å². The number of non-ortho nitro benzene ring substituents is 1. The topological polar surface area (TPSA) is 114 Å². The fraction of sp³-hybridized carbons (Fsp3) is 0.0500. The van der Waals surface area contributed by atoms with Crippen LogP contribution in [0.4, 0.5) is 10.8 Å². The van der Waals surface area contributed by atoms with Gasteiger partial charge in [-0.25, -0.2) is 4.98 Å². The highest BCUT2D eigenvalue weighted by molar-refractivity contribution is 7.14. The van der Waals surface area contributed by atoms with E-state index < -0.39 is 28.4 Å². The highest BCUT2D eigenvalue weighted by Gasteiger charge is 2.47. The van der Waals surface area contributed by atoms with Crippen LogP contribution in [0.15, 0.2) is 65.7 Å². The molecule has 1 N–H and O–H groups in total. The van der Waals surface area contributed by atoms with E-state index in [1.54, 1.807) is 29.6 Å². The lowest BCUT2D eigenvalue weighted by molar-refractivity contribution is -0.384. The molecule has 2 aromatic carbocycles. The van der Waals surface area contributed by atoms with Gasteiger partial charge in [0, 0.05) is 34.3 Å². The number of ketones is 1. The summed E-state index contributed by atoms with van der Waals surface area (Å²) in [5.74, 6) is -2.13. The quantitative estimate of drug-likeness (QED) is 0.212. The number of hydrogen-bond donors (Lipinski definition) is 1. The Bertz CT molecular complexity index is 1170. The number of aromatic nitrogens is 1. The fourth-order valence-corrected chi connectivity index (χ4v) is 4.01. The van der Waals surface area contributed by atoms with Crippen molar-refractivity contribution >= 4 is 51.2 Å². The van der Waals surface area contributed by atoms with Crippen molar-refractivity contribution in [3.63, 3.8) is 0 Å². The molecule has 1 aliphatic rings. The first kappa shape index (κ1) is 19.7. The highest BCUT2D eigenvalue weighted by Crippen LogP contribution is 2.42. The molecule has 1 unspecified atom stereocenters. The Morgan fingerprint density at radius 2 is 1.80 bits per heavy atom. The van der Waals surface area contributed by atoms with E-state index in [0.717, 1.165) is 0 Å². The summed E-state index contributed by atoms with van der Waals surface area (Å²) in [6.45, 7) is 0. The number of hydrogen-bond acceptors (Lipinski definition) is 7. The molecular weight excluding hydrogens is 430 g/mol. The standard InChI is InChI=1S/C20H12ClN3O5S/c21-13-5-1-11(2-6-13)16-15(17(25)12-3-7-14(8-4-12)24(28)29)18(26)19(27)23(16)20-22-9-10-30-20/h1-10,16,25H. The maximum absolute atomic E-state index is 12.9. The van der Waals surface area contributed by atoms with Gasteiger partial charge in [0.15, 0.2) is 5.13 Å². The number of nitro groups is 1. The van der Waals surface area contributed by atoms with E-state index in [2.05, 4.69) is 4.98 Å². The van der Waals surface area contributed by atoms with E-state index >= 15 is 0 Å². The van der Waals surface area contributed by atoms with Crippen molar-refractivity contribution < 1.29 is 19.6 Å². The average Bonchev–Trinajstić information content (AvgIpc) is 3.35. The number of Topliss-reactive ketones (excluding diaryl/α,β-unsaturated/α-hetero) is 1. The van der Waals surface area contributed by atoms with Gasteiger partial charge in [0.05, 0.1) is 16.5 Å². The van der Waals surface area contributed by atoms with Crippen molar-refractivity contribution in [1.29, 1.82) is 0 Å². The molecule has 1 aromatic heterocycles. The van der Waals surface area contributed by atoms with Gasteiger partial charge in [-0.3, -0.25) is 24.6 Å². The van der Waals surface area contributed by atoms with Crippen LogP contribution in [-0.2, 0) is 9.59 Å². The Morgan fingerprint density at radius 3 is 2.37 bits per heavy atom. The summed E-state index contributed by atoms with van der Waals surface area (Å²) >= 11 is 7.15. The first-order valence-corrected chi connectivity index (χ1v) is 9.85. The molecule has 0 saturated carbocycles. The lowest BCUT2D eigenvalue weighted by atomic mass is 9.95. The Morgan fingerprint density at radius 1 is 1.13 bits per heavy atom. The van der Waals surface area contributed by atoms with Gasteiger partial charge in [-0.1, -0.05) is 23.7 Å². The number of nitrogens with zero attached hydrogens (tertiary/aromatic N) is 3. The maximum atomic E-state index is 12.9. The van der Waals surface area contributed by atoms with Crippen molar-refractivity contribution in [3.8, 4) is 0 Å². The summed E-state index contributed by atoms with van der Waals surface area (Å²) in [4.78, 5) is 41.4. The van der Waals surface area contributed by atoms with Crippen molar-refractivity contribution in [1.82, 2.24) is 4.98 Å². The van der Waals surface area contributed by atoms with Crippen molar-refractivity contribution in [2.45, 2.75) is 6.04 Å². The second kappa shape index (κ2) is 7.69. The molecule has 1 atom stereocenters. The monoisotopic (exact) mass is 441 g/mol. The van der Waals surface area contributed by atoms with E-state index in [1.807, 2.05) is 0 Å². The van der Waals surface area contributed by atoms with Crippen LogP contribution >= 0.6 is 22.9 Å². The Kier molecular flexibility index (Phi) is 5.06. The largest absolute Gasteiger partial charge is 0.507 e. The van der Waals surface area contributed by atoms with Crippen molar-refractivity contribution in [2.24, 2.45) is 0 Å². The highest BCUT2D eigenvalue weighted by atomic mass is 35.5. The number of thiazole rings is 1. The molecule has 0 spiro atoms. The number of anilines is 1. The zero-order chi connectivity index (χ0) is 21.4. The van der Waals surface area contributed by atoms with E-state index in [4.69, 9.17) is 11.6 Å². The summed E-state index contributed by atoms with van der Waals surface area (Å²) in [5.41, 5.74) is 0.435. The Balaban J connectivity index is 1.90. The van der Waals surface area contributed by atoms with E-state index in [1.165, 1.54) is 46.7 Å². The number of amides is 1. The molecule has 1 amide bonds. The van der Waals surface area contributed by atoms with Crippen LogP contribution in [-0.4, -0.2) is 26.7 Å². The van der Waals surface area contributed by atoms with Gasteiger partial charge in [-0.05, 0) is 29.8 Å². The lowest BCUT2D eigenvalue weighted by Gasteiger charge is -2.23. The number of carbonyl (C=O) groups excluding carboxylic acids is 2. The van der Waals surface area contributed by atoms with Crippen LogP contribution in [0.2, 0.25) is 5.02 Å². The molecule has 0 radical (unpaired) electrons. The second-order valence-corrected chi connectivity index (χ2v) is 7.65. The third-order valence-electron chi connectivity index (χ3n) is 4.61. The first-order chi connectivity index (χ1) is 14.4. The Hall–Kier alpha value is -3.56. The van der Waals surface area contributed by atoms with Crippen LogP contribution < -0.4 is 4.90 Å². The molecule has 1 aliphatic heterocycles. The Labute approximate surface area is 178 Å². The lowest BCUT2D eigenvalue weighted by Crippen LogP contribution is -2.29. The van der Waals surface area contributed by atoms with Gasteiger partial charge in [0.1, 0.15) is 5.76 Å². The predicted molar refractivity (Wildman–Crippen MR) is 111 cm³/mol. The normalized spacial score (nSPS) is 18.0. The summed E-state index contributed by atoms with van der Waals surface area (Å²) in [6.07, 6.45) is 1.51. The number of rotatable bonds is 4. The molecule has 4 rings (SSSR count). The minimum Gasteiger partial charge on any atom is -0.507 e. The molecule has 1 saturated heterocycles. The average molecular weight is 442 g/mol. The summed E-state index contributed by atoms with van der Waals surface area (Å²) in [7, 11) is 0. The third kappa shape index (κ3) is 3.34. The van der Waals surface area contributed by atoms with Gasteiger partial charge in [0.2, 0.25) is 0 Å². The number of aliphatic hydroxyl groups is 1. The SMILES string of the molecule is O=C1C(=O)N(c2nccs2)C(c2ccc(Cl)cc2)C1=C(O)c1ccc([N+](=O)[O-])cc1. The number of nitro benzene ring substituents is 1. The molecule has 3 aromatic rings. The number of carbonyl (C=O) groups is 2. The number of halogens is 1. The van der Waals surface area contributed by atoms with Crippen LogP contribution in [0.3, 0.4) is 0 Å². The van der Waals surface area contributed by atoms with Crippen LogP contribution in [0.25, 0.3) is 5.76 Å². The molecule has 30 heavy (non-hydrogen) atoms. The van der Waals surface area contributed by atoms with Gasteiger partial charge in [0.25, 0.3) is 11.5 Å². The third-order valence-corrected chi connectivity index (χ3v) is 5.63. The van der Waals surface area contributed by atoms with Crippen molar-refractivity contribution in [3.05, 3.63) is 91.9 Å². The predicted octanol–water partition coefficient (Wildman–Crippen LogP) is 4.33. The van der Waals surface area contributed by atoms with Crippen LogP contribution in [0.5, 0.6) is 0 Å². The zero-order valence-corrected chi connectivity index (χ0v) is 16.6.